The number of fused-ring (bicyclic) bond motifs is 1. The van der Waals surface area contributed by atoms with Gasteiger partial charge in [-0.05, 0) is 38.0 Å². The van der Waals surface area contributed by atoms with Gasteiger partial charge >= 0.3 is 0 Å². The molecule has 31 heavy (non-hydrogen) atoms. The molecule has 1 aromatic carbocycles. The number of benzene rings is 1. The molecule has 1 amide bonds. The zero-order valence-electron chi connectivity index (χ0n) is 16.6. The number of hydrogen-bond acceptors (Lipinski definition) is 5. The van der Waals surface area contributed by atoms with E-state index in [1.807, 2.05) is 19.1 Å². The summed E-state index contributed by atoms with van der Waals surface area (Å²) < 4.78 is 0. The Morgan fingerprint density at radius 2 is 2.06 bits per heavy atom. The van der Waals surface area contributed by atoms with Gasteiger partial charge in [0.15, 0.2) is 0 Å². The minimum absolute atomic E-state index is 0.0386. The van der Waals surface area contributed by atoms with Crippen molar-refractivity contribution in [2.24, 2.45) is 5.92 Å². The summed E-state index contributed by atoms with van der Waals surface area (Å²) in [5.74, 6) is 0.373. The molecule has 0 atom stereocenters. The van der Waals surface area contributed by atoms with Crippen molar-refractivity contribution in [2.75, 3.05) is 10.6 Å². The highest BCUT2D eigenvalue weighted by Gasteiger charge is 2.30. The number of hydrogen-bond donors (Lipinski definition) is 4. The lowest BCUT2D eigenvalue weighted by Gasteiger charge is -2.16. The van der Waals surface area contributed by atoms with Crippen LogP contribution in [-0.2, 0) is 4.79 Å². The van der Waals surface area contributed by atoms with Gasteiger partial charge in [-0.3, -0.25) is 14.7 Å². The second-order valence-corrected chi connectivity index (χ2v) is 7.99. The van der Waals surface area contributed by atoms with Crippen LogP contribution in [0.1, 0.15) is 18.5 Å². The Balaban J connectivity index is 1.64. The van der Waals surface area contributed by atoms with E-state index in [0.29, 0.717) is 33.1 Å². The zero-order chi connectivity index (χ0) is 21.5. The Kier molecular flexibility index (Phi) is 4.71. The van der Waals surface area contributed by atoms with Crippen LogP contribution in [0, 0.1) is 12.8 Å². The van der Waals surface area contributed by atoms with E-state index in [1.54, 1.807) is 24.4 Å². The van der Waals surface area contributed by atoms with Gasteiger partial charge in [0.05, 0.1) is 27.8 Å². The van der Waals surface area contributed by atoms with Crippen LogP contribution in [-0.4, -0.2) is 26.1 Å². The third-order valence-electron chi connectivity index (χ3n) is 5.31. The molecular formula is C22H19ClN6O2. The van der Waals surface area contributed by atoms with Crippen LogP contribution in [0.25, 0.3) is 22.0 Å². The summed E-state index contributed by atoms with van der Waals surface area (Å²) in [6, 6.07) is 8.87. The van der Waals surface area contributed by atoms with Gasteiger partial charge in [0.25, 0.3) is 5.56 Å². The Labute approximate surface area is 182 Å². The first kappa shape index (κ1) is 19.3. The summed E-state index contributed by atoms with van der Waals surface area (Å²) in [5, 5.41) is 14.1. The molecule has 5 rings (SSSR count). The van der Waals surface area contributed by atoms with E-state index < -0.39 is 0 Å². The van der Waals surface area contributed by atoms with Crippen molar-refractivity contribution in [3.8, 4) is 11.1 Å². The topological polar surface area (TPSA) is 116 Å². The maximum atomic E-state index is 12.6. The number of nitrogens with one attached hydrogen (secondary N) is 4. The van der Waals surface area contributed by atoms with Gasteiger partial charge in [0.1, 0.15) is 5.82 Å². The first-order chi connectivity index (χ1) is 15.0. The number of amides is 1. The number of aromatic amines is 2. The van der Waals surface area contributed by atoms with Crippen LogP contribution in [0.2, 0.25) is 5.02 Å². The van der Waals surface area contributed by atoms with Crippen LogP contribution in [0.15, 0.2) is 47.5 Å². The quantitative estimate of drug-likeness (QED) is 0.372. The van der Waals surface area contributed by atoms with E-state index in [-0.39, 0.29) is 17.4 Å². The van der Waals surface area contributed by atoms with E-state index >= 15 is 0 Å². The molecule has 0 unspecified atom stereocenters. The fourth-order valence-electron chi connectivity index (χ4n) is 3.58. The Bertz CT molecular complexity index is 1370. The summed E-state index contributed by atoms with van der Waals surface area (Å²) in [6.45, 7) is 1.91. The molecule has 0 bridgehead atoms. The highest BCUT2D eigenvalue weighted by molar-refractivity contribution is 6.34. The number of nitrogens with zero attached hydrogens (tertiary/aromatic N) is 2. The van der Waals surface area contributed by atoms with Gasteiger partial charge in [-0.1, -0.05) is 17.7 Å². The summed E-state index contributed by atoms with van der Waals surface area (Å²) >= 11 is 6.53. The van der Waals surface area contributed by atoms with E-state index in [4.69, 9.17) is 11.6 Å². The number of carbonyl (C=O) groups is 1. The minimum atomic E-state index is -0.282. The molecule has 0 spiro atoms. The lowest BCUT2D eigenvalue weighted by atomic mass is 10.0. The van der Waals surface area contributed by atoms with Crippen LogP contribution < -0.4 is 16.2 Å². The SMILES string of the molecule is Cc1[nH]ncc1-c1c(Cl)cccc1Nc1cc(NC(=O)C2CC2)nc2cc[nH]c(=O)c12. The number of aromatic nitrogens is 4. The van der Waals surface area contributed by atoms with Crippen molar-refractivity contribution < 1.29 is 4.79 Å². The maximum Gasteiger partial charge on any atom is 0.259 e. The second-order valence-electron chi connectivity index (χ2n) is 7.58. The molecule has 4 N–H and O–H groups in total. The number of H-pyrrole nitrogens is 2. The first-order valence-electron chi connectivity index (χ1n) is 9.90. The van der Waals surface area contributed by atoms with E-state index in [9.17, 15) is 9.59 Å². The number of halogens is 1. The monoisotopic (exact) mass is 434 g/mol. The number of rotatable bonds is 5. The van der Waals surface area contributed by atoms with Crippen molar-refractivity contribution in [3.05, 3.63) is 63.8 Å². The number of pyridine rings is 2. The summed E-state index contributed by atoms with van der Waals surface area (Å²) in [7, 11) is 0. The molecule has 0 radical (unpaired) electrons. The standard InChI is InChI=1S/C22H19ClN6O2/c1-11-13(10-25-29-11)19-14(23)3-2-4-15(19)26-17-9-18(28-21(30)12-5-6-12)27-16-7-8-24-22(31)20(16)17/h2-4,7-10,12H,5-6H2,1H3,(H,24,31)(H,25,29)(H2,26,27,28,30). The van der Waals surface area contributed by atoms with Crippen molar-refractivity contribution >= 4 is 45.6 Å². The largest absolute Gasteiger partial charge is 0.354 e. The molecule has 3 heterocycles. The van der Waals surface area contributed by atoms with E-state index in [0.717, 1.165) is 29.7 Å². The highest BCUT2D eigenvalue weighted by Crippen LogP contribution is 2.38. The molecular weight excluding hydrogens is 416 g/mol. The average molecular weight is 435 g/mol. The molecule has 0 saturated heterocycles. The Morgan fingerprint density at radius 1 is 1.23 bits per heavy atom. The van der Waals surface area contributed by atoms with Gasteiger partial charge in [-0.25, -0.2) is 4.98 Å². The van der Waals surface area contributed by atoms with Gasteiger partial charge in [-0.2, -0.15) is 5.10 Å². The zero-order valence-corrected chi connectivity index (χ0v) is 17.4. The van der Waals surface area contributed by atoms with E-state index in [1.165, 1.54) is 6.20 Å². The number of aryl methyl sites for hydroxylation is 1. The van der Waals surface area contributed by atoms with Crippen LogP contribution >= 0.6 is 11.6 Å². The molecule has 1 fully saturated rings. The molecule has 1 aliphatic rings. The number of anilines is 3. The predicted molar refractivity (Wildman–Crippen MR) is 121 cm³/mol. The Morgan fingerprint density at radius 3 is 2.81 bits per heavy atom. The van der Waals surface area contributed by atoms with E-state index in [2.05, 4.69) is 30.8 Å². The number of carbonyl (C=O) groups excluding carboxylic acids is 1. The molecule has 4 aromatic rings. The third kappa shape index (κ3) is 3.66. The van der Waals surface area contributed by atoms with Gasteiger partial charge in [-0.15, -0.1) is 0 Å². The molecule has 156 valence electrons. The normalized spacial score (nSPS) is 13.4. The second kappa shape index (κ2) is 7.55. The highest BCUT2D eigenvalue weighted by atomic mass is 35.5. The fourth-order valence-corrected chi connectivity index (χ4v) is 3.86. The molecule has 8 nitrogen and oxygen atoms in total. The summed E-state index contributed by atoms with van der Waals surface area (Å²) in [4.78, 5) is 32.0. The van der Waals surface area contributed by atoms with Gasteiger partial charge < -0.3 is 15.6 Å². The third-order valence-corrected chi connectivity index (χ3v) is 5.63. The molecule has 0 aliphatic heterocycles. The summed E-state index contributed by atoms with van der Waals surface area (Å²) in [6.07, 6.45) is 5.02. The van der Waals surface area contributed by atoms with Crippen LogP contribution in [0.5, 0.6) is 0 Å². The Hall–Kier alpha value is -3.65. The fraction of sp³-hybridized carbons (Fsp3) is 0.182. The molecule has 9 heteroatoms. The first-order valence-corrected chi connectivity index (χ1v) is 10.3. The molecule has 3 aromatic heterocycles. The van der Waals surface area contributed by atoms with Crippen molar-refractivity contribution in [3.63, 3.8) is 0 Å². The maximum absolute atomic E-state index is 12.6. The molecule has 1 saturated carbocycles. The van der Waals surface area contributed by atoms with Gasteiger partial charge in [0.2, 0.25) is 5.91 Å². The van der Waals surface area contributed by atoms with Gasteiger partial charge in [0, 0.05) is 40.7 Å². The van der Waals surface area contributed by atoms with Crippen molar-refractivity contribution in [1.82, 2.24) is 20.2 Å². The van der Waals surface area contributed by atoms with Crippen molar-refractivity contribution in [1.29, 1.82) is 0 Å². The smallest absolute Gasteiger partial charge is 0.259 e. The minimum Gasteiger partial charge on any atom is -0.354 e. The van der Waals surface area contributed by atoms with Crippen LogP contribution in [0.4, 0.5) is 17.2 Å². The predicted octanol–water partition coefficient (Wildman–Crippen LogP) is 4.37. The lowest BCUT2D eigenvalue weighted by Crippen LogP contribution is -2.16. The summed E-state index contributed by atoms with van der Waals surface area (Å²) in [5.41, 5.74) is 3.89. The van der Waals surface area contributed by atoms with Crippen LogP contribution in [0.3, 0.4) is 0 Å². The average Bonchev–Trinajstić information content (AvgIpc) is 3.50. The molecule has 1 aliphatic carbocycles. The lowest BCUT2D eigenvalue weighted by molar-refractivity contribution is -0.117. The van der Waals surface area contributed by atoms with Crippen molar-refractivity contribution in [2.45, 2.75) is 19.8 Å².